The first-order chi connectivity index (χ1) is 33.5. The van der Waals surface area contributed by atoms with Crippen LogP contribution in [0.2, 0.25) is 0 Å². The van der Waals surface area contributed by atoms with Gasteiger partial charge in [0.15, 0.2) is 0 Å². The quantitative estimate of drug-likeness (QED) is 0.0294. The molecule has 0 amide bonds. The summed E-state index contributed by atoms with van der Waals surface area (Å²) in [7, 11) is 0. The number of fused-ring (bicyclic) bond motifs is 10. The zero-order chi connectivity index (χ0) is 47.6. The van der Waals surface area contributed by atoms with Crippen LogP contribution in [0.1, 0.15) is 281 Å². The molecule has 0 fully saturated rings. The van der Waals surface area contributed by atoms with Crippen molar-refractivity contribution in [2.75, 3.05) is 0 Å². The van der Waals surface area contributed by atoms with Gasteiger partial charge in [-0.05, 0) is 142 Å². The Hall–Kier alpha value is -2.33. The standard InChI is InChI=1S/C60H88BrIN4O2/c1-5-9-13-17-21-25-29-33-37-59(38-34-30-26-22-18-14-10-6-2)47-42-46-48(41-45(47)53-49(59)43-51(61)55-57(53)65-67-63-55)60(39-35-31-27-23-19-15-11-7-3,40-36-32-28-24-20-16-12-8-4)50-44-52(62)56-58(54(46)50)66-68-64-56/h41-44H,5-40H2,1-4H3. The largest absolute Gasteiger partial charge is 0.243 e. The molecule has 0 spiro atoms. The molecule has 0 saturated carbocycles. The Balaban J connectivity index is 1.33. The molecule has 7 rings (SSSR count). The highest BCUT2D eigenvalue weighted by Crippen LogP contribution is 2.63. The Morgan fingerprint density at radius 3 is 1.03 bits per heavy atom. The summed E-state index contributed by atoms with van der Waals surface area (Å²) in [6.45, 7) is 9.28. The van der Waals surface area contributed by atoms with Crippen molar-refractivity contribution in [3.8, 4) is 22.3 Å². The Morgan fingerprint density at radius 2 is 0.662 bits per heavy atom. The molecule has 8 heteroatoms. The van der Waals surface area contributed by atoms with E-state index in [0.29, 0.717) is 0 Å². The fourth-order valence-corrected chi connectivity index (χ4v) is 13.9. The first kappa shape index (κ1) is 53.5. The second kappa shape index (κ2) is 27.5. The normalized spacial score (nSPS) is 14.3. The van der Waals surface area contributed by atoms with E-state index in [1.807, 2.05) is 0 Å². The summed E-state index contributed by atoms with van der Waals surface area (Å²) < 4.78 is 13.5. The van der Waals surface area contributed by atoms with Crippen LogP contribution in [-0.2, 0) is 10.8 Å². The Kier molecular flexibility index (Phi) is 21.6. The summed E-state index contributed by atoms with van der Waals surface area (Å²) in [6.07, 6.45) is 46.9. The first-order valence-electron chi connectivity index (χ1n) is 28.6. The molecule has 0 saturated heterocycles. The van der Waals surface area contributed by atoms with E-state index in [1.165, 1.54) is 250 Å². The Bertz CT molecular complexity index is 2100. The predicted molar refractivity (Wildman–Crippen MR) is 299 cm³/mol. The molecule has 6 nitrogen and oxygen atoms in total. The van der Waals surface area contributed by atoms with E-state index in [1.54, 1.807) is 0 Å². The van der Waals surface area contributed by atoms with Gasteiger partial charge in [-0.1, -0.05) is 233 Å². The van der Waals surface area contributed by atoms with Gasteiger partial charge in [0, 0.05) is 30.0 Å². The van der Waals surface area contributed by atoms with Gasteiger partial charge < -0.3 is 0 Å². The fourth-order valence-electron chi connectivity index (χ4n) is 12.8. The maximum atomic E-state index is 5.68. The number of unbranched alkanes of at least 4 members (excludes halogenated alkanes) is 28. The third-order valence-corrected chi connectivity index (χ3v) is 18.0. The first-order valence-corrected chi connectivity index (χ1v) is 30.4. The van der Waals surface area contributed by atoms with E-state index < -0.39 is 0 Å². The third-order valence-electron chi connectivity index (χ3n) is 16.6. The molecule has 2 aromatic heterocycles. The van der Waals surface area contributed by atoms with Gasteiger partial charge in [-0.3, -0.25) is 0 Å². The van der Waals surface area contributed by atoms with Crippen molar-refractivity contribution in [1.29, 1.82) is 0 Å². The summed E-state index contributed by atoms with van der Waals surface area (Å²) in [5.41, 5.74) is 14.5. The minimum absolute atomic E-state index is 0.116. The molecule has 3 aromatic carbocycles. The van der Waals surface area contributed by atoms with Crippen molar-refractivity contribution in [3.63, 3.8) is 0 Å². The molecular formula is C60H88BrIN4O2. The lowest BCUT2D eigenvalue weighted by Crippen LogP contribution is -2.27. The molecule has 0 radical (unpaired) electrons. The summed E-state index contributed by atoms with van der Waals surface area (Å²) in [4.78, 5) is 0. The molecule has 0 unspecified atom stereocenters. The van der Waals surface area contributed by atoms with Crippen molar-refractivity contribution in [2.24, 2.45) is 0 Å². The SMILES string of the molecule is CCCCCCCCCCC1(CCCCCCCCCC)c2cc3c(cc2-c2c1cc(Br)c1nonc21)C(CCCCCCCCCC)(CCCCCCCCCC)c1cc(I)c2nonc2c1-3. The maximum Gasteiger partial charge on any atom is 0.150 e. The topological polar surface area (TPSA) is 77.8 Å². The van der Waals surface area contributed by atoms with Crippen LogP contribution in [0.5, 0.6) is 0 Å². The van der Waals surface area contributed by atoms with Gasteiger partial charge in [0.2, 0.25) is 0 Å². The van der Waals surface area contributed by atoms with Gasteiger partial charge in [-0.2, -0.15) is 0 Å². The van der Waals surface area contributed by atoms with Gasteiger partial charge in [-0.15, -0.1) is 0 Å². The molecule has 2 aliphatic carbocycles. The van der Waals surface area contributed by atoms with Crippen molar-refractivity contribution >= 4 is 60.6 Å². The molecule has 2 aliphatic rings. The zero-order valence-electron chi connectivity index (χ0n) is 43.1. The highest BCUT2D eigenvalue weighted by molar-refractivity contribution is 14.1. The summed E-state index contributed by atoms with van der Waals surface area (Å²) in [5.74, 6) is 0. The molecule has 374 valence electrons. The van der Waals surface area contributed by atoms with Gasteiger partial charge in [0.05, 0.1) is 0 Å². The average molecular weight is 1100 g/mol. The van der Waals surface area contributed by atoms with Crippen LogP contribution in [0.3, 0.4) is 0 Å². The smallest absolute Gasteiger partial charge is 0.150 e. The lowest BCUT2D eigenvalue weighted by Gasteiger charge is -2.35. The molecule has 5 aromatic rings. The van der Waals surface area contributed by atoms with Crippen LogP contribution in [0.25, 0.3) is 44.3 Å². The lowest BCUT2D eigenvalue weighted by molar-refractivity contribution is 0.315. The summed E-state index contributed by atoms with van der Waals surface area (Å²) in [6, 6.07) is 10.3. The number of halogens is 2. The maximum absolute atomic E-state index is 5.68. The van der Waals surface area contributed by atoms with Crippen LogP contribution in [0.15, 0.2) is 38.0 Å². The van der Waals surface area contributed by atoms with E-state index in [9.17, 15) is 0 Å². The van der Waals surface area contributed by atoms with Crippen molar-refractivity contribution in [1.82, 2.24) is 20.6 Å². The number of aromatic nitrogens is 4. The number of benzene rings is 3. The molecule has 0 N–H and O–H groups in total. The molecular weight excluding hydrogens is 1020 g/mol. The number of nitrogens with zero attached hydrogens (tertiary/aromatic N) is 4. The van der Waals surface area contributed by atoms with Gasteiger partial charge in [0.25, 0.3) is 0 Å². The fraction of sp³-hybridized carbons (Fsp3) is 0.700. The molecule has 2 heterocycles. The summed E-state index contributed by atoms with van der Waals surface area (Å²) in [5, 5.41) is 18.6. The third kappa shape index (κ3) is 12.5. The van der Waals surface area contributed by atoms with Gasteiger partial charge >= 0.3 is 0 Å². The zero-order valence-corrected chi connectivity index (χ0v) is 46.9. The summed E-state index contributed by atoms with van der Waals surface area (Å²) >= 11 is 6.54. The van der Waals surface area contributed by atoms with Crippen molar-refractivity contribution in [2.45, 2.75) is 270 Å². The predicted octanol–water partition coefficient (Wildman–Crippen LogP) is 20.8. The minimum Gasteiger partial charge on any atom is -0.243 e. The average Bonchev–Trinajstić information content (AvgIpc) is 4.14. The molecule has 68 heavy (non-hydrogen) atoms. The molecule has 0 atom stereocenters. The Labute approximate surface area is 434 Å². The van der Waals surface area contributed by atoms with Crippen LogP contribution in [0.4, 0.5) is 0 Å². The van der Waals surface area contributed by atoms with Gasteiger partial charge in [0.1, 0.15) is 22.1 Å². The van der Waals surface area contributed by atoms with E-state index in [4.69, 9.17) is 19.6 Å². The number of rotatable bonds is 36. The Morgan fingerprint density at radius 1 is 0.368 bits per heavy atom. The highest BCUT2D eigenvalue weighted by Gasteiger charge is 2.50. The molecule has 0 aliphatic heterocycles. The van der Waals surface area contributed by atoms with Crippen LogP contribution in [-0.4, -0.2) is 20.6 Å². The van der Waals surface area contributed by atoms with Crippen LogP contribution in [0, 0.1) is 3.57 Å². The monoisotopic (exact) mass is 1100 g/mol. The number of hydrogen-bond acceptors (Lipinski definition) is 6. The van der Waals surface area contributed by atoms with E-state index in [2.05, 4.69) is 101 Å². The van der Waals surface area contributed by atoms with E-state index >= 15 is 0 Å². The lowest BCUT2D eigenvalue weighted by atomic mass is 9.68. The van der Waals surface area contributed by atoms with Crippen molar-refractivity contribution in [3.05, 3.63) is 54.6 Å². The van der Waals surface area contributed by atoms with Crippen LogP contribution < -0.4 is 0 Å². The highest BCUT2D eigenvalue weighted by atomic mass is 127. The van der Waals surface area contributed by atoms with E-state index in [-0.39, 0.29) is 10.8 Å². The van der Waals surface area contributed by atoms with Crippen molar-refractivity contribution < 1.29 is 9.26 Å². The van der Waals surface area contributed by atoms with Gasteiger partial charge in [-0.25, -0.2) is 9.26 Å². The van der Waals surface area contributed by atoms with Crippen LogP contribution >= 0.6 is 38.5 Å². The second-order valence-electron chi connectivity index (χ2n) is 21.5. The number of hydrogen-bond donors (Lipinski definition) is 0. The molecule has 0 bridgehead atoms. The second-order valence-corrected chi connectivity index (χ2v) is 23.5. The minimum atomic E-state index is -0.134. The van der Waals surface area contributed by atoms with E-state index in [0.717, 1.165) is 55.8 Å².